The number of carbonyl (C=O) groups excluding carboxylic acids is 1. The van der Waals surface area contributed by atoms with E-state index < -0.39 is 0 Å². The van der Waals surface area contributed by atoms with Crippen molar-refractivity contribution in [1.29, 1.82) is 0 Å². The minimum absolute atomic E-state index is 0.0480. The lowest BCUT2D eigenvalue weighted by Crippen LogP contribution is -2.24. The molecule has 170 valence electrons. The summed E-state index contributed by atoms with van der Waals surface area (Å²) in [6.45, 7) is 6.39. The highest BCUT2D eigenvalue weighted by Crippen LogP contribution is 2.32. The number of rotatable bonds is 5. The van der Waals surface area contributed by atoms with Crippen LogP contribution in [0.2, 0.25) is 0 Å². The van der Waals surface area contributed by atoms with Crippen molar-refractivity contribution in [2.75, 3.05) is 16.8 Å². The molecule has 0 radical (unpaired) electrons. The molecule has 4 aromatic rings. The van der Waals surface area contributed by atoms with Gasteiger partial charge in [-0.25, -0.2) is 9.97 Å². The summed E-state index contributed by atoms with van der Waals surface area (Å²) in [6, 6.07) is 14.6. The Kier molecular flexibility index (Phi) is 5.33. The molecule has 8 heteroatoms. The first kappa shape index (κ1) is 21.4. The lowest BCUT2D eigenvalue weighted by molar-refractivity contribution is -0.114. The van der Waals surface area contributed by atoms with Crippen LogP contribution in [0.3, 0.4) is 0 Å². The Bertz CT molecular complexity index is 1510. The van der Waals surface area contributed by atoms with E-state index in [0.717, 1.165) is 27.8 Å². The van der Waals surface area contributed by atoms with Crippen LogP contribution in [0.15, 0.2) is 78.0 Å². The number of fused-ring (bicyclic) bond motifs is 1. The van der Waals surface area contributed by atoms with Crippen LogP contribution < -0.4 is 20.5 Å². The second kappa shape index (κ2) is 8.47. The highest BCUT2D eigenvalue weighted by Gasteiger charge is 2.25. The molecule has 1 amide bonds. The summed E-state index contributed by atoms with van der Waals surface area (Å²) in [5.41, 5.74) is 3.77. The monoisotopic (exact) mass is 453 g/mol. The zero-order chi connectivity index (χ0) is 23.8. The third-order valence-electron chi connectivity index (χ3n) is 5.86. The molecule has 2 aromatic heterocycles. The Hall–Kier alpha value is -4.46. The molecule has 34 heavy (non-hydrogen) atoms. The van der Waals surface area contributed by atoms with E-state index in [1.54, 1.807) is 24.2 Å². The van der Waals surface area contributed by atoms with Gasteiger partial charge in [0.15, 0.2) is 0 Å². The van der Waals surface area contributed by atoms with Gasteiger partial charge < -0.3 is 19.5 Å². The van der Waals surface area contributed by atoms with Gasteiger partial charge >= 0.3 is 0 Å². The fourth-order valence-corrected chi connectivity index (χ4v) is 3.90. The number of ether oxygens (including phenoxy) is 1. The van der Waals surface area contributed by atoms with E-state index in [2.05, 4.69) is 21.9 Å². The third-order valence-corrected chi connectivity index (χ3v) is 5.86. The van der Waals surface area contributed by atoms with Gasteiger partial charge in [0.1, 0.15) is 23.6 Å². The molecule has 1 fully saturated rings. The molecule has 1 aliphatic rings. The van der Waals surface area contributed by atoms with Crippen molar-refractivity contribution >= 4 is 34.0 Å². The van der Waals surface area contributed by atoms with Crippen LogP contribution in [0, 0.1) is 6.92 Å². The van der Waals surface area contributed by atoms with E-state index in [-0.39, 0.29) is 11.5 Å². The van der Waals surface area contributed by atoms with Crippen LogP contribution in [0.5, 0.6) is 11.5 Å². The van der Waals surface area contributed by atoms with E-state index in [9.17, 15) is 9.59 Å². The average molecular weight is 454 g/mol. The van der Waals surface area contributed by atoms with Gasteiger partial charge in [-0.3, -0.25) is 9.59 Å². The summed E-state index contributed by atoms with van der Waals surface area (Å²) in [5, 5.41) is 4.16. The Balaban J connectivity index is 1.42. The maximum atomic E-state index is 12.4. The van der Waals surface area contributed by atoms with Crippen LogP contribution in [-0.4, -0.2) is 27.0 Å². The summed E-state index contributed by atoms with van der Waals surface area (Å²) in [7, 11) is 1.69. The first-order valence-electron chi connectivity index (χ1n) is 10.9. The van der Waals surface area contributed by atoms with E-state index in [1.807, 2.05) is 43.3 Å². The second-order valence-electron chi connectivity index (χ2n) is 8.25. The summed E-state index contributed by atoms with van der Waals surface area (Å²) < 4.78 is 7.39. The molecule has 0 bridgehead atoms. The molecule has 0 aliphatic carbocycles. The summed E-state index contributed by atoms with van der Waals surface area (Å²) in [4.78, 5) is 34.8. The number of amides is 1. The van der Waals surface area contributed by atoms with E-state index in [4.69, 9.17) is 4.74 Å². The van der Waals surface area contributed by atoms with Crippen molar-refractivity contribution < 1.29 is 9.53 Å². The first-order chi connectivity index (χ1) is 16.4. The van der Waals surface area contributed by atoms with Crippen LogP contribution in [0.1, 0.15) is 12.0 Å². The molecular formula is C26H23N5O3. The number of nitrogens with one attached hydrogen (secondary N) is 1. The van der Waals surface area contributed by atoms with Crippen molar-refractivity contribution in [2.45, 2.75) is 13.3 Å². The molecule has 3 heterocycles. The van der Waals surface area contributed by atoms with E-state index >= 15 is 0 Å². The van der Waals surface area contributed by atoms with Gasteiger partial charge in [0, 0.05) is 48.2 Å². The van der Waals surface area contributed by atoms with Gasteiger partial charge in [-0.2, -0.15) is 0 Å². The maximum absolute atomic E-state index is 12.4. The van der Waals surface area contributed by atoms with Gasteiger partial charge in [0.05, 0.1) is 5.52 Å². The van der Waals surface area contributed by atoms with Crippen molar-refractivity contribution in [3.63, 3.8) is 0 Å². The highest BCUT2D eigenvalue weighted by molar-refractivity contribution is 6.08. The van der Waals surface area contributed by atoms with Gasteiger partial charge in [-0.05, 0) is 61.4 Å². The van der Waals surface area contributed by atoms with Crippen LogP contribution in [0.25, 0.3) is 10.9 Å². The minimum atomic E-state index is -0.136. The van der Waals surface area contributed by atoms with Crippen LogP contribution in [-0.2, 0) is 11.8 Å². The minimum Gasteiger partial charge on any atom is -0.457 e. The number of benzene rings is 2. The molecule has 2 aromatic carbocycles. The molecule has 0 spiro atoms. The lowest BCUT2D eigenvalue weighted by Gasteiger charge is -2.17. The van der Waals surface area contributed by atoms with Crippen molar-refractivity contribution in [3.05, 3.63) is 89.1 Å². The lowest BCUT2D eigenvalue weighted by atomic mass is 10.1. The van der Waals surface area contributed by atoms with Crippen molar-refractivity contribution in [1.82, 2.24) is 14.5 Å². The Morgan fingerprint density at radius 3 is 2.65 bits per heavy atom. The predicted molar refractivity (Wildman–Crippen MR) is 132 cm³/mol. The van der Waals surface area contributed by atoms with Gasteiger partial charge in [0.2, 0.25) is 0 Å². The van der Waals surface area contributed by atoms with Gasteiger partial charge in [-0.1, -0.05) is 6.58 Å². The first-order valence-corrected chi connectivity index (χ1v) is 10.9. The number of hydrogen-bond donors (Lipinski definition) is 1. The Morgan fingerprint density at radius 2 is 1.91 bits per heavy atom. The molecule has 0 unspecified atom stereocenters. The second-order valence-corrected chi connectivity index (χ2v) is 8.25. The standard InChI is InChI=1S/C26H23N5O3/c1-16-8-11-31(26(16)33)19-5-6-22-21(13-19)25(28-15-27-22)29-18-4-7-23(17(2)12-18)34-20-9-10-30(3)24(32)14-20/h4-7,9-10,12-15H,1,8,11H2,2-3H3,(H,27,28,29). The van der Waals surface area contributed by atoms with Crippen LogP contribution in [0.4, 0.5) is 17.2 Å². The summed E-state index contributed by atoms with van der Waals surface area (Å²) in [5.74, 6) is 1.73. The van der Waals surface area contributed by atoms with Crippen LogP contribution >= 0.6 is 0 Å². The summed E-state index contributed by atoms with van der Waals surface area (Å²) >= 11 is 0. The number of aryl methyl sites for hydroxylation is 2. The molecular weight excluding hydrogens is 430 g/mol. The average Bonchev–Trinajstić information content (AvgIpc) is 3.16. The Morgan fingerprint density at radius 1 is 1.06 bits per heavy atom. The van der Waals surface area contributed by atoms with Gasteiger partial charge in [0.25, 0.3) is 11.5 Å². The molecule has 0 saturated carbocycles. The van der Waals surface area contributed by atoms with E-state index in [0.29, 0.717) is 35.9 Å². The van der Waals surface area contributed by atoms with Crippen molar-refractivity contribution in [3.8, 4) is 11.5 Å². The Labute approximate surface area is 196 Å². The smallest absolute Gasteiger partial charge is 0.253 e. The zero-order valence-electron chi connectivity index (χ0n) is 18.9. The molecule has 1 aliphatic heterocycles. The number of hydrogen-bond acceptors (Lipinski definition) is 6. The van der Waals surface area contributed by atoms with E-state index in [1.165, 1.54) is 17.0 Å². The molecule has 8 nitrogen and oxygen atoms in total. The number of aromatic nitrogens is 3. The number of pyridine rings is 1. The fraction of sp³-hybridized carbons (Fsp3) is 0.154. The highest BCUT2D eigenvalue weighted by atomic mass is 16.5. The number of anilines is 3. The molecule has 1 N–H and O–H groups in total. The largest absolute Gasteiger partial charge is 0.457 e. The third kappa shape index (κ3) is 4.01. The molecule has 5 rings (SSSR count). The number of nitrogens with zero attached hydrogens (tertiary/aromatic N) is 4. The quantitative estimate of drug-likeness (QED) is 0.449. The zero-order valence-corrected chi connectivity index (χ0v) is 18.9. The number of carbonyl (C=O) groups is 1. The summed E-state index contributed by atoms with van der Waals surface area (Å²) in [6.07, 6.45) is 3.84. The normalized spacial score (nSPS) is 13.5. The SMILES string of the molecule is C=C1CCN(c2ccc3ncnc(Nc4ccc(Oc5ccn(C)c(=O)c5)c(C)c4)c3c2)C1=O. The molecule has 0 atom stereocenters. The van der Waals surface area contributed by atoms with Crippen molar-refractivity contribution in [2.24, 2.45) is 7.05 Å². The topological polar surface area (TPSA) is 89.3 Å². The fourth-order valence-electron chi connectivity index (χ4n) is 3.90. The molecule has 1 saturated heterocycles. The predicted octanol–water partition coefficient (Wildman–Crippen LogP) is 4.47. The maximum Gasteiger partial charge on any atom is 0.253 e. The van der Waals surface area contributed by atoms with Gasteiger partial charge in [-0.15, -0.1) is 0 Å².